The monoisotopic (exact) mass is 568 g/mol. The van der Waals surface area contributed by atoms with Crippen molar-refractivity contribution in [1.29, 1.82) is 0 Å². The van der Waals surface area contributed by atoms with E-state index in [1.165, 1.54) is 0 Å². The van der Waals surface area contributed by atoms with E-state index in [4.69, 9.17) is 14.6 Å². The Bertz CT molecular complexity index is 1180. The van der Waals surface area contributed by atoms with E-state index in [0.717, 1.165) is 60.8 Å². The van der Waals surface area contributed by atoms with Crippen molar-refractivity contribution in [2.45, 2.75) is 104 Å². The van der Waals surface area contributed by atoms with Gasteiger partial charge in [-0.2, -0.15) is 5.10 Å². The summed E-state index contributed by atoms with van der Waals surface area (Å²) < 4.78 is 13.4. The van der Waals surface area contributed by atoms with Crippen molar-refractivity contribution in [3.05, 3.63) is 35.7 Å². The Balaban J connectivity index is 1.43. The van der Waals surface area contributed by atoms with Crippen molar-refractivity contribution < 1.29 is 19.1 Å². The quantitative estimate of drug-likeness (QED) is 0.218. The lowest BCUT2D eigenvalue weighted by atomic mass is 9.88. The van der Waals surface area contributed by atoms with Gasteiger partial charge in [0.2, 0.25) is 5.91 Å². The third-order valence-electron chi connectivity index (χ3n) is 7.70. The van der Waals surface area contributed by atoms with Gasteiger partial charge in [0.15, 0.2) is 0 Å². The Morgan fingerprint density at radius 3 is 2.17 bits per heavy atom. The summed E-state index contributed by atoms with van der Waals surface area (Å²) in [5, 5.41) is 10.7. The number of nitrogens with zero attached hydrogens (tertiary/aromatic N) is 2. The fourth-order valence-electron chi connectivity index (χ4n) is 5.37. The SMILES string of the molecule is Cc1nn(COCC[Si](C)(C)C)c(C)c1-c1ccc(NC(=O)C(NC(=O)OC(C)(C)C)C(C2CC2)C2CC2)cc1. The maximum atomic E-state index is 13.6. The second-order valence-corrected chi connectivity index (χ2v) is 19.5. The van der Waals surface area contributed by atoms with Crippen LogP contribution in [-0.2, 0) is 21.0 Å². The highest BCUT2D eigenvalue weighted by molar-refractivity contribution is 6.76. The van der Waals surface area contributed by atoms with Crippen molar-refractivity contribution in [2.24, 2.45) is 17.8 Å². The average molecular weight is 569 g/mol. The number of hydrogen-bond acceptors (Lipinski definition) is 5. The molecule has 0 aliphatic heterocycles. The molecule has 1 unspecified atom stereocenters. The molecule has 0 saturated heterocycles. The van der Waals surface area contributed by atoms with E-state index in [1.54, 1.807) is 0 Å². The third kappa shape index (κ3) is 8.43. The first kappa shape index (κ1) is 30.3. The molecule has 2 fully saturated rings. The molecule has 2 N–H and O–H groups in total. The van der Waals surface area contributed by atoms with E-state index in [2.05, 4.69) is 37.2 Å². The molecule has 0 spiro atoms. The molecule has 1 heterocycles. The Hall–Kier alpha value is -2.65. The summed E-state index contributed by atoms with van der Waals surface area (Å²) in [6, 6.07) is 8.38. The van der Waals surface area contributed by atoms with Gasteiger partial charge in [0.1, 0.15) is 18.4 Å². The number of carbonyl (C=O) groups is 2. The molecular weight excluding hydrogens is 520 g/mol. The normalized spacial score (nSPS) is 16.6. The number of carbonyl (C=O) groups excluding carboxylic acids is 2. The van der Waals surface area contributed by atoms with Crippen LogP contribution < -0.4 is 10.6 Å². The number of aryl methyl sites for hydroxylation is 1. The van der Waals surface area contributed by atoms with Gasteiger partial charge in [0, 0.05) is 31.6 Å². The zero-order valence-electron chi connectivity index (χ0n) is 25.6. The van der Waals surface area contributed by atoms with Gasteiger partial charge in [-0.05, 0) is 102 Å². The molecule has 4 rings (SSSR count). The van der Waals surface area contributed by atoms with Crippen molar-refractivity contribution in [3.8, 4) is 11.1 Å². The molecule has 2 aromatic rings. The molecule has 1 aromatic carbocycles. The predicted molar refractivity (Wildman–Crippen MR) is 162 cm³/mol. The molecule has 0 radical (unpaired) electrons. The van der Waals surface area contributed by atoms with Crippen LogP contribution in [-0.4, -0.2) is 48.1 Å². The van der Waals surface area contributed by atoms with Gasteiger partial charge in [-0.15, -0.1) is 0 Å². The molecule has 1 atom stereocenters. The smallest absolute Gasteiger partial charge is 0.408 e. The van der Waals surface area contributed by atoms with E-state index in [0.29, 0.717) is 24.3 Å². The number of alkyl carbamates (subject to hydrolysis) is 1. The maximum absolute atomic E-state index is 13.6. The Morgan fingerprint density at radius 1 is 1.05 bits per heavy atom. The van der Waals surface area contributed by atoms with Crippen LogP contribution in [0.3, 0.4) is 0 Å². The Morgan fingerprint density at radius 2 is 1.65 bits per heavy atom. The molecule has 8 nitrogen and oxygen atoms in total. The van der Waals surface area contributed by atoms with Crippen LogP contribution >= 0.6 is 0 Å². The molecular formula is C31H48N4O4Si. The summed E-state index contributed by atoms with van der Waals surface area (Å²) in [5.41, 5.74) is 4.20. The lowest BCUT2D eigenvalue weighted by Crippen LogP contribution is -2.51. The zero-order valence-corrected chi connectivity index (χ0v) is 26.6. The fraction of sp³-hybridized carbons (Fsp3) is 0.645. The van der Waals surface area contributed by atoms with Gasteiger partial charge in [0.05, 0.1) is 5.69 Å². The first-order valence-corrected chi connectivity index (χ1v) is 18.4. The topological polar surface area (TPSA) is 94.5 Å². The molecule has 2 aliphatic carbocycles. The van der Waals surface area contributed by atoms with Crippen LogP contribution in [0.4, 0.5) is 10.5 Å². The summed E-state index contributed by atoms with van der Waals surface area (Å²) >= 11 is 0. The molecule has 2 saturated carbocycles. The zero-order chi connectivity index (χ0) is 29.2. The molecule has 220 valence electrons. The first-order valence-electron chi connectivity index (χ1n) is 14.7. The predicted octanol–water partition coefficient (Wildman–Crippen LogP) is 6.75. The van der Waals surface area contributed by atoms with E-state index in [9.17, 15) is 9.59 Å². The minimum atomic E-state index is -1.13. The summed E-state index contributed by atoms with van der Waals surface area (Å²) in [6.07, 6.45) is 3.93. The van der Waals surface area contributed by atoms with E-state index >= 15 is 0 Å². The van der Waals surface area contributed by atoms with Crippen LogP contribution in [0.25, 0.3) is 11.1 Å². The molecule has 0 bridgehead atoms. The van der Waals surface area contributed by atoms with Gasteiger partial charge in [-0.25, -0.2) is 9.48 Å². The van der Waals surface area contributed by atoms with E-state index < -0.39 is 25.8 Å². The summed E-state index contributed by atoms with van der Waals surface area (Å²) in [7, 11) is -1.13. The summed E-state index contributed by atoms with van der Waals surface area (Å²) in [5.74, 6) is 0.944. The van der Waals surface area contributed by atoms with Crippen molar-refractivity contribution in [3.63, 3.8) is 0 Å². The van der Waals surface area contributed by atoms with E-state index in [1.807, 2.05) is 56.6 Å². The molecule has 2 aliphatic rings. The highest BCUT2D eigenvalue weighted by Crippen LogP contribution is 2.51. The first-order chi connectivity index (χ1) is 18.7. The van der Waals surface area contributed by atoms with Gasteiger partial charge in [-0.3, -0.25) is 4.79 Å². The standard InChI is InChI=1S/C31H48N4O4Si/c1-20-26(21(2)35(34-20)19-38-17-18-40(6,7)8)22-13-15-25(16-14-22)32-29(36)28(33-30(37)39-31(3,4)5)27(23-9-10-23)24-11-12-24/h13-16,23-24,27-28H,9-12,17-19H2,1-8H3,(H,32,36)(H,33,37). The highest BCUT2D eigenvalue weighted by Gasteiger charge is 2.48. The lowest BCUT2D eigenvalue weighted by Gasteiger charge is -2.29. The Labute approximate surface area is 240 Å². The van der Waals surface area contributed by atoms with Gasteiger partial charge in [0.25, 0.3) is 0 Å². The van der Waals surface area contributed by atoms with Crippen LogP contribution in [0.2, 0.25) is 25.7 Å². The largest absolute Gasteiger partial charge is 0.444 e. The molecule has 1 aromatic heterocycles. The Kier molecular flexibility index (Phi) is 9.14. The third-order valence-corrected chi connectivity index (χ3v) is 9.41. The van der Waals surface area contributed by atoms with Crippen LogP contribution in [0.5, 0.6) is 0 Å². The van der Waals surface area contributed by atoms with Crippen LogP contribution in [0, 0.1) is 31.6 Å². The lowest BCUT2D eigenvalue weighted by molar-refractivity contribution is -0.120. The van der Waals surface area contributed by atoms with Crippen LogP contribution in [0.1, 0.15) is 57.8 Å². The minimum Gasteiger partial charge on any atom is -0.444 e. The number of hydrogen-bond donors (Lipinski definition) is 2. The van der Waals surface area contributed by atoms with E-state index in [-0.39, 0.29) is 11.8 Å². The summed E-state index contributed by atoms with van der Waals surface area (Å²) in [4.78, 5) is 26.2. The van der Waals surface area contributed by atoms with Gasteiger partial charge < -0.3 is 20.1 Å². The second kappa shape index (κ2) is 12.1. The number of nitrogens with one attached hydrogen (secondary N) is 2. The van der Waals surface area contributed by atoms with Gasteiger partial charge in [-0.1, -0.05) is 31.8 Å². The average Bonchev–Trinajstić information content (AvgIpc) is 3.76. The fourth-order valence-corrected chi connectivity index (χ4v) is 6.13. The number of aromatic nitrogens is 2. The highest BCUT2D eigenvalue weighted by atomic mass is 28.3. The molecule has 9 heteroatoms. The van der Waals surface area contributed by atoms with Gasteiger partial charge >= 0.3 is 6.09 Å². The maximum Gasteiger partial charge on any atom is 0.408 e. The number of anilines is 1. The van der Waals surface area contributed by atoms with Crippen molar-refractivity contribution in [1.82, 2.24) is 15.1 Å². The number of amides is 2. The number of rotatable bonds is 12. The number of ether oxygens (including phenoxy) is 2. The van der Waals surface area contributed by atoms with Crippen molar-refractivity contribution >= 4 is 25.8 Å². The van der Waals surface area contributed by atoms with Crippen molar-refractivity contribution in [2.75, 3.05) is 11.9 Å². The number of benzene rings is 1. The summed E-state index contributed by atoms with van der Waals surface area (Å²) in [6.45, 7) is 17.8. The minimum absolute atomic E-state index is 0.149. The second-order valence-electron chi connectivity index (χ2n) is 13.8. The van der Waals surface area contributed by atoms with Crippen LogP contribution in [0.15, 0.2) is 24.3 Å². The molecule has 40 heavy (non-hydrogen) atoms. The molecule has 2 amide bonds.